The standard InChI is InChI=1S/C11H7ClFNO2S/c12-17(15,16)11-4-3-8(6-10(11)13)9-2-1-5-14-7-9/h1-7H. The zero-order valence-electron chi connectivity index (χ0n) is 8.47. The third-order valence-corrected chi connectivity index (χ3v) is 3.54. The summed E-state index contributed by atoms with van der Waals surface area (Å²) in [5, 5.41) is 0. The van der Waals surface area contributed by atoms with E-state index in [2.05, 4.69) is 4.98 Å². The van der Waals surface area contributed by atoms with Gasteiger partial charge in [0.1, 0.15) is 10.7 Å². The van der Waals surface area contributed by atoms with Crippen molar-refractivity contribution in [1.82, 2.24) is 4.98 Å². The van der Waals surface area contributed by atoms with Gasteiger partial charge in [0.15, 0.2) is 0 Å². The smallest absolute Gasteiger partial charge is 0.264 e. The lowest BCUT2D eigenvalue weighted by molar-refractivity contribution is 0.576. The van der Waals surface area contributed by atoms with Crippen LogP contribution < -0.4 is 0 Å². The van der Waals surface area contributed by atoms with Crippen molar-refractivity contribution in [2.75, 3.05) is 0 Å². The Morgan fingerprint density at radius 2 is 1.94 bits per heavy atom. The molecule has 0 fully saturated rings. The van der Waals surface area contributed by atoms with Crippen LogP contribution in [0.5, 0.6) is 0 Å². The van der Waals surface area contributed by atoms with E-state index in [9.17, 15) is 12.8 Å². The third kappa shape index (κ3) is 2.62. The fraction of sp³-hybridized carbons (Fsp3) is 0. The summed E-state index contributed by atoms with van der Waals surface area (Å²) >= 11 is 0. The molecule has 0 aliphatic rings. The molecule has 6 heteroatoms. The van der Waals surface area contributed by atoms with E-state index in [-0.39, 0.29) is 0 Å². The maximum absolute atomic E-state index is 13.5. The van der Waals surface area contributed by atoms with Gasteiger partial charge in [-0.05, 0) is 23.8 Å². The first-order chi connectivity index (χ1) is 7.98. The molecule has 88 valence electrons. The lowest BCUT2D eigenvalue weighted by atomic mass is 10.1. The molecule has 2 aromatic rings. The van der Waals surface area contributed by atoms with Crippen molar-refractivity contribution in [3.05, 3.63) is 48.5 Å². The van der Waals surface area contributed by atoms with Crippen molar-refractivity contribution in [2.45, 2.75) is 4.90 Å². The van der Waals surface area contributed by atoms with Crippen LogP contribution >= 0.6 is 10.7 Å². The molecule has 0 N–H and O–H groups in total. The van der Waals surface area contributed by atoms with Crippen molar-refractivity contribution in [2.24, 2.45) is 0 Å². The van der Waals surface area contributed by atoms with Crippen LogP contribution in [0.2, 0.25) is 0 Å². The van der Waals surface area contributed by atoms with Gasteiger partial charge in [0.25, 0.3) is 9.05 Å². The number of hydrogen-bond acceptors (Lipinski definition) is 3. The van der Waals surface area contributed by atoms with Crippen LogP contribution in [0.1, 0.15) is 0 Å². The number of nitrogens with zero attached hydrogens (tertiary/aromatic N) is 1. The van der Waals surface area contributed by atoms with Crippen LogP contribution in [-0.2, 0) is 9.05 Å². The summed E-state index contributed by atoms with van der Waals surface area (Å²) in [6.45, 7) is 0. The van der Waals surface area contributed by atoms with E-state index in [0.29, 0.717) is 11.1 Å². The van der Waals surface area contributed by atoms with Gasteiger partial charge in [0.2, 0.25) is 0 Å². The van der Waals surface area contributed by atoms with Gasteiger partial charge >= 0.3 is 0 Å². The molecule has 0 aliphatic heterocycles. The molecule has 0 spiro atoms. The first-order valence-electron chi connectivity index (χ1n) is 4.63. The van der Waals surface area contributed by atoms with E-state index < -0.39 is 19.8 Å². The Kier molecular flexibility index (Phi) is 3.13. The summed E-state index contributed by atoms with van der Waals surface area (Å²) in [5.41, 5.74) is 1.24. The molecule has 3 nitrogen and oxygen atoms in total. The molecular formula is C11H7ClFNO2S. The first kappa shape index (κ1) is 12.0. The van der Waals surface area contributed by atoms with E-state index in [1.165, 1.54) is 6.07 Å². The zero-order chi connectivity index (χ0) is 12.5. The van der Waals surface area contributed by atoms with E-state index in [4.69, 9.17) is 10.7 Å². The topological polar surface area (TPSA) is 47.0 Å². The second-order valence-corrected chi connectivity index (χ2v) is 5.86. The van der Waals surface area contributed by atoms with Crippen molar-refractivity contribution >= 4 is 19.7 Å². The quantitative estimate of drug-likeness (QED) is 0.789. The zero-order valence-corrected chi connectivity index (χ0v) is 10.0. The molecule has 17 heavy (non-hydrogen) atoms. The number of hydrogen-bond donors (Lipinski definition) is 0. The van der Waals surface area contributed by atoms with Gasteiger partial charge < -0.3 is 0 Å². The van der Waals surface area contributed by atoms with Crippen LogP contribution in [0.3, 0.4) is 0 Å². The molecular weight excluding hydrogens is 265 g/mol. The van der Waals surface area contributed by atoms with Crippen LogP contribution in [0.4, 0.5) is 4.39 Å². The summed E-state index contributed by atoms with van der Waals surface area (Å²) in [6, 6.07) is 7.19. The second-order valence-electron chi connectivity index (χ2n) is 3.32. The van der Waals surface area contributed by atoms with E-state index in [1.54, 1.807) is 24.5 Å². The highest BCUT2D eigenvalue weighted by atomic mass is 35.7. The van der Waals surface area contributed by atoms with Crippen molar-refractivity contribution in [3.63, 3.8) is 0 Å². The fourth-order valence-electron chi connectivity index (χ4n) is 1.41. The first-order valence-corrected chi connectivity index (χ1v) is 6.94. The van der Waals surface area contributed by atoms with Crippen molar-refractivity contribution < 1.29 is 12.8 Å². The summed E-state index contributed by atoms with van der Waals surface area (Å²) in [5.74, 6) is -0.874. The average Bonchev–Trinajstić information content (AvgIpc) is 2.28. The minimum Gasteiger partial charge on any atom is -0.264 e. The number of rotatable bonds is 2. The molecule has 0 amide bonds. The highest BCUT2D eigenvalue weighted by Crippen LogP contribution is 2.25. The van der Waals surface area contributed by atoms with Gasteiger partial charge in [0, 0.05) is 28.6 Å². The third-order valence-electron chi connectivity index (χ3n) is 2.19. The van der Waals surface area contributed by atoms with E-state index in [0.717, 1.165) is 12.1 Å². The SMILES string of the molecule is O=S(=O)(Cl)c1ccc(-c2cccnc2)cc1F. The van der Waals surface area contributed by atoms with Crippen LogP contribution in [0, 0.1) is 5.82 Å². The molecule has 0 unspecified atom stereocenters. The summed E-state index contributed by atoms with van der Waals surface area (Å²) in [6.07, 6.45) is 3.15. The van der Waals surface area contributed by atoms with Gasteiger partial charge in [-0.2, -0.15) is 0 Å². The van der Waals surface area contributed by atoms with E-state index in [1.807, 2.05) is 0 Å². The molecule has 0 saturated carbocycles. The van der Waals surface area contributed by atoms with Crippen LogP contribution in [0.15, 0.2) is 47.6 Å². The van der Waals surface area contributed by atoms with Crippen LogP contribution in [0.25, 0.3) is 11.1 Å². The highest BCUT2D eigenvalue weighted by Gasteiger charge is 2.16. The fourth-order valence-corrected chi connectivity index (χ4v) is 2.31. The Labute approximate surface area is 102 Å². The monoisotopic (exact) mass is 271 g/mol. The molecule has 1 heterocycles. The molecule has 1 aromatic carbocycles. The Morgan fingerprint density at radius 3 is 2.47 bits per heavy atom. The molecule has 0 atom stereocenters. The second kappa shape index (κ2) is 4.43. The highest BCUT2D eigenvalue weighted by molar-refractivity contribution is 8.13. The van der Waals surface area contributed by atoms with Crippen molar-refractivity contribution in [1.29, 1.82) is 0 Å². The Morgan fingerprint density at radius 1 is 1.18 bits per heavy atom. The molecule has 0 saturated heterocycles. The maximum atomic E-state index is 13.5. The average molecular weight is 272 g/mol. The van der Waals surface area contributed by atoms with Gasteiger partial charge in [0.05, 0.1) is 0 Å². The van der Waals surface area contributed by atoms with Gasteiger partial charge in [-0.25, -0.2) is 12.8 Å². The molecule has 0 aliphatic carbocycles. The maximum Gasteiger partial charge on any atom is 0.264 e. The Hall–Kier alpha value is -1.46. The molecule has 1 aromatic heterocycles. The Balaban J connectivity index is 2.53. The van der Waals surface area contributed by atoms with Gasteiger partial charge in [-0.3, -0.25) is 4.98 Å². The summed E-state index contributed by atoms with van der Waals surface area (Å²) < 4.78 is 35.6. The predicted molar refractivity (Wildman–Crippen MR) is 62.7 cm³/mol. The van der Waals surface area contributed by atoms with Gasteiger partial charge in [-0.15, -0.1) is 0 Å². The minimum atomic E-state index is -4.05. The molecule has 0 bridgehead atoms. The minimum absolute atomic E-state index is 0.521. The number of pyridine rings is 1. The number of halogens is 2. The van der Waals surface area contributed by atoms with Crippen LogP contribution in [-0.4, -0.2) is 13.4 Å². The largest absolute Gasteiger partial charge is 0.264 e. The predicted octanol–water partition coefficient (Wildman–Crippen LogP) is 2.82. The van der Waals surface area contributed by atoms with Crippen molar-refractivity contribution in [3.8, 4) is 11.1 Å². The van der Waals surface area contributed by atoms with Gasteiger partial charge in [-0.1, -0.05) is 12.1 Å². The van der Waals surface area contributed by atoms with E-state index >= 15 is 0 Å². The summed E-state index contributed by atoms with van der Waals surface area (Å²) in [7, 11) is 1.03. The number of aromatic nitrogens is 1. The lowest BCUT2D eigenvalue weighted by Crippen LogP contribution is -1.95. The normalized spacial score (nSPS) is 11.4. The Bertz CT molecular complexity index is 644. The molecule has 0 radical (unpaired) electrons. The summed E-state index contributed by atoms with van der Waals surface area (Å²) in [4.78, 5) is 3.37. The lowest BCUT2D eigenvalue weighted by Gasteiger charge is -2.03. The number of benzene rings is 1. The molecule has 2 rings (SSSR count).